The number of halogens is 2. The summed E-state index contributed by atoms with van der Waals surface area (Å²) in [6.45, 7) is 1.85. The predicted octanol–water partition coefficient (Wildman–Crippen LogP) is 4.11. The third-order valence-electron chi connectivity index (χ3n) is 3.81. The van der Waals surface area contributed by atoms with E-state index in [9.17, 15) is 13.2 Å². The van der Waals surface area contributed by atoms with Crippen molar-refractivity contribution in [2.75, 3.05) is 11.9 Å². The number of pyridine rings is 1. The number of nitrogens with two attached hydrogens (primary N) is 1. The lowest BCUT2D eigenvalue weighted by Gasteiger charge is -2.15. The second kappa shape index (κ2) is 7.92. The zero-order valence-electron chi connectivity index (χ0n) is 14.6. The van der Waals surface area contributed by atoms with Crippen molar-refractivity contribution in [2.45, 2.75) is 11.8 Å². The van der Waals surface area contributed by atoms with E-state index in [1.807, 2.05) is 0 Å². The lowest BCUT2D eigenvalue weighted by Crippen LogP contribution is -2.12. The molecule has 0 aliphatic rings. The summed E-state index contributed by atoms with van der Waals surface area (Å²) in [4.78, 5) is 16.6. The Hall–Kier alpha value is -2.39. The number of sulfonamides is 1. The van der Waals surface area contributed by atoms with E-state index in [-0.39, 0.29) is 22.1 Å². The predicted molar refractivity (Wildman–Crippen MR) is 109 cm³/mol. The maximum absolute atomic E-state index is 12.4. The molecule has 0 amide bonds. The monoisotopic (exact) mass is 439 g/mol. The Bertz CT molecular complexity index is 1180. The van der Waals surface area contributed by atoms with Crippen LogP contribution < -0.4 is 10.5 Å². The molecule has 3 aromatic rings. The molecule has 3 N–H and O–H groups in total. The maximum Gasteiger partial charge on any atom is 0.341 e. The molecular weight excluding hydrogens is 425 g/mol. The van der Waals surface area contributed by atoms with Gasteiger partial charge in [0.05, 0.1) is 27.7 Å². The molecule has 1 heterocycles. The number of hydrogen-bond donors (Lipinski definition) is 2. The number of anilines is 2. The van der Waals surface area contributed by atoms with Crippen LogP contribution in [0.25, 0.3) is 10.9 Å². The molecule has 0 radical (unpaired) electrons. The number of esters is 1. The smallest absolute Gasteiger partial charge is 0.341 e. The van der Waals surface area contributed by atoms with Gasteiger partial charge in [-0.2, -0.15) is 0 Å². The van der Waals surface area contributed by atoms with Gasteiger partial charge in [0.25, 0.3) is 0 Å². The van der Waals surface area contributed by atoms with Crippen LogP contribution >= 0.6 is 23.2 Å². The largest absolute Gasteiger partial charge is 0.462 e. The van der Waals surface area contributed by atoms with Crippen molar-refractivity contribution in [2.24, 2.45) is 5.14 Å². The first-order valence-corrected chi connectivity index (χ1v) is 10.4. The standard InChI is InChI=1S/C18H15Cl2N3O4S/c1-2-27-18(24)13-9-22-15-7-10(19)6-14(20)16(15)17(13)23-11-4-3-5-12(8-11)28(21,25)26/h3-9H,2H2,1H3,(H,22,23)(H2,21,25,26). The number of primary sulfonamides is 1. The minimum Gasteiger partial charge on any atom is -0.462 e. The summed E-state index contributed by atoms with van der Waals surface area (Å²) in [6, 6.07) is 8.98. The molecule has 1 aromatic heterocycles. The molecule has 3 rings (SSSR count). The molecule has 0 saturated carbocycles. The minimum atomic E-state index is -3.90. The van der Waals surface area contributed by atoms with E-state index >= 15 is 0 Å². The number of rotatable bonds is 5. The maximum atomic E-state index is 12.4. The molecule has 0 bridgehead atoms. The van der Waals surface area contributed by atoms with Crippen LogP contribution in [0.4, 0.5) is 11.4 Å². The van der Waals surface area contributed by atoms with Crippen LogP contribution in [0.5, 0.6) is 0 Å². The summed E-state index contributed by atoms with van der Waals surface area (Å²) in [5.41, 5.74) is 1.29. The number of benzene rings is 2. The molecule has 0 saturated heterocycles. The number of fused-ring (bicyclic) bond motifs is 1. The van der Waals surface area contributed by atoms with Gasteiger partial charge in [-0.3, -0.25) is 4.98 Å². The molecular formula is C18H15Cl2N3O4S. The molecule has 0 aliphatic heterocycles. The number of carbonyl (C=O) groups is 1. The van der Waals surface area contributed by atoms with Gasteiger partial charge < -0.3 is 10.1 Å². The second-order valence-corrected chi connectivity index (χ2v) is 8.15. The number of hydrogen-bond acceptors (Lipinski definition) is 6. The first-order valence-electron chi connectivity index (χ1n) is 8.05. The normalized spacial score (nSPS) is 11.4. The molecule has 0 aliphatic carbocycles. The number of carbonyl (C=O) groups excluding carboxylic acids is 1. The highest BCUT2D eigenvalue weighted by Crippen LogP contribution is 2.36. The fourth-order valence-electron chi connectivity index (χ4n) is 2.63. The molecule has 0 spiro atoms. The van der Waals surface area contributed by atoms with Gasteiger partial charge in [0, 0.05) is 22.3 Å². The van der Waals surface area contributed by atoms with Crippen LogP contribution in [-0.2, 0) is 14.8 Å². The van der Waals surface area contributed by atoms with Gasteiger partial charge in [0.15, 0.2) is 0 Å². The average molecular weight is 440 g/mol. The van der Waals surface area contributed by atoms with E-state index in [1.54, 1.807) is 19.1 Å². The van der Waals surface area contributed by atoms with E-state index < -0.39 is 16.0 Å². The number of aromatic nitrogens is 1. The highest BCUT2D eigenvalue weighted by atomic mass is 35.5. The van der Waals surface area contributed by atoms with Crippen molar-refractivity contribution in [1.29, 1.82) is 0 Å². The second-order valence-electron chi connectivity index (χ2n) is 5.75. The summed E-state index contributed by atoms with van der Waals surface area (Å²) in [7, 11) is -3.90. The fourth-order valence-corrected chi connectivity index (χ4v) is 3.77. The summed E-state index contributed by atoms with van der Waals surface area (Å²) in [5.74, 6) is -0.604. The van der Waals surface area contributed by atoms with Crippen LogP contribution in [0.3, 0.4) is 0 Å². The third kappa shape index (κ3) is 4.20. The number of nitrogens with zero attached hydrogens (tertiary/aromatic N) is 1. The zero-order chi connectivity index (χ0) is 20.5. The van der Waals surface area contributed by atoms with Crippen molar-refractivity contribution < 1.29 is 17.9 Å². The SMILES string of the molecule is CCOC(=O)c1cnc2cc(Cl)cc(Cl)c2c1Nc1cccc(S(N)(=O)=O)c1. The van der Waals surface area contributed by atoms with Crippen molar-refractivity contribution >= 4 is 61.5 Å². The molecule has 0 unspecified atom stereocenters. The zero-order valence-corrected chi connectivity index (χ0v) is 16.9. The fraction of sp³-hybridized carbons (Fsp3) is 0.111. The van der Waals surface area contributed by atoms with E-state index in [4.69, 9.17) is 33.1 Å². The summed E-state index contributed by atoms with van der Waals surface area (Å²) in [5, 5.41) is 9.33. The van der Waals surface area contributed by atoms with E-state index in [2.05, 4.69) is 10.3 Å². The average Bonchev–Trinajstić information content (AvgIpc) is 2.61. The van der Waals surface area contributed by atoms with Crippen LogP contribution in [0, 0.1) is 0 Å². The lowest BCUT2D eigenvalue weighted by molar-refractivity contribution is 0.0527. The first-order chi connectivity index (χ1) is 13.2. The van der Waals surface area contributed by atoms with Crippen molar-refractivity contribution in [3.63, 3.8) is 0 Å². The van der Waals surface area contributed by atoms with Gasteiger partial charge in [0.2, 0.25) is 10.0 Å². The Labute approximate surface area is 171 Å². The third-order valence-corrected chi connectivity index (χ3v) is 5.24. The Morgan fingerprint density at radius 1 is 1.25 bits per heavy atom. The van der Waals surface area contributed by atoms with Gasteiger partial charge in [-0.05, 0) is 37.3 Å². The number of nitrogens with one attached hydrogen (secondary N) is 1. The molecule has 2 aromatic carbocycles. The molecule has 0 fully saturated rings. The van der Waals surface area contributed by atoms with Gasteiger partial charge in [-0.25, -0.2) is 18.4 Å². The van der Waals surface area contributed by atoms with Crippen LogP contribution in [0.2, 0.25) is 10.0 Å². The Morgan fingerprint density at radius 2 is 2.00 bits per heavy atom. The van der Waals surface area contributed by atoms with Crippen LogP contribution in [-0.4, -0.2) is 26.0 Å². The Kier molecular flexibility index (Phi) is 5.76. The molecule has 10 heteroatoms. The van der Waals surface area contributed by atoms with Crippen molar-refractivity contribution in [1.82, 2.24) is 4.98 Å². The Balaban J connectivity index is 2.22. The molecule has 0 atom stereocenters. The van der Waals surface area contributed by atoms with Gasteiger partial charge in [0.1, 0.15) is 5.56 Å². The van der Waals surface area contributed by atoms with Gasteiger partial charge in [-0.1, -0.05) is 29.3 Å². The number of ether oxygens (including phenoxy) is 1. The van der Waals surface area contributed by atoms with Crippen molar-refractivity contribution in [3.8, 4) is 0 Å². The molecule has 7 nitrogen and oxygen atoms in total. The summed E-state index contributed by atoms with van der Waals surface area (Å²) < 4.78 is 28.4. The summed E-state index contributed by atoms with van der Waals surface area (Å²) >= 11 is 12.4. The Morgan fingerprint density at radius 3 is 2.68 bits per heavy atom. The minimum absolute atomic E-state index is 0.0808. The quantitative estimate of drug-likeness (QED) is 0.578. The van der Waals surface area contributed by atoms with E-state index in [1.165, 1.54) is 30.5 Å². The van der Waals surface area contributed by atoms with Crippen molar-refractivity contribution in [3.05, 3.63) is 58.2 Å². The van der Waals surface area contributed by atoms with Crippen LogP contribution in [0.1, 0.15) is 17.3 Å². The first kappa shape index (κ1) is 20.3. The van der Waals surface area contributed by atoms with Crippen LogP contribution in [0.15, 0.2) is 47.5 Å². The lowest BCUT2D eigenvalue weighted by atomic mass is 10.1. The van der Waals surface area contributed by atoms with E-state index in [0.29, 0.717) is 27.3 Å². The highest BCUT2D eigenvalue weighted by Gasteiger charge is 2.20. The van der Waals surface area contributed by atoms with Gasteiger partial charge >= 0.3 is 5.97 Å². The van der Waals surface area contributed by atoms with Gasteiger partial charge in [-0.15, -0.1) is 0 Å². The summed E-state index contributed by atoms with van der Waals surface area (Å²) in [6.07, 6.45) is 1.35. The van der Waals surface area contributed by atoms with E-state index in [0.717, 1.165) is 0 Å². The topological polar surface area (TPSA) is 111 Å². The molecule has 28 heavy (non-hydrogen) atoms. The highest BCUT2D eigenvalue weighted by molar-refractivity contribution is 7.89. The molecule has 146 valence electrons.